The van der Waals surface area contributed by atoms with Gasteiger partial charge in [-0.15, -0.1) is 11.3 Å². The number of halogens is 1. The number of hydrogen-bond acceptors (Lipinski definition) is 4. The van der Waals surface area contributed by atoms with E-state index in [1.54, 1.807) is 48.2 Å². The van der Waals surface area contributed by atoms with Crippen LogP contribution in [0.1, 0.15) is 22.3 Å². The lowest BCUT2D eigenvalue weighted by Gasteiger charge is -2.23. The third-order valence-corrected chi connectivity index (χ3v) is 5.51. The molecule has 2 aromatic heterocycles. The van der Waals surface area contributed by atoms with Gasteiger partial charge in [0.05, 0.1) is 11.9 Å². The highest BCUT2D eigenvalue weighted by Gasteiger charge is 2.24. The summed E-state index contributed by atoms with van der Waals surface area (Å²) in [5, 5.41) is 7.24. The average molecular weight is 407 g/mol. The standard InChI is InChI=1S/C22H18FN3O2S/c1-2-26-21(27)19-8-4-3-7-18(19)20(24-26)22(28)25(14-17-6-5-13-29-17)16-11-9-15(23)10-12-16/h3-13H,2,14H2,1H3. The van der Waals surface area contributed by atoms with Crippen molar-refractivity contribution in [2.75, 3.05) is 4.90 Å². The van der Waals surface area contributed by atoms with Crippen molar-refractivity contribution >= 4 is 33.7 Å². The fourth-order valence-corrected chi connectivity index (χ4v) is 3.89. The van der Waals surface area contributed by atoms with Gasteiger partial charge in [0.1, 0.15) is 5.82 Å². The van der Waals surface area contributed by atoms with Crippen LogP contribution in [0.5, 0.6) is 0 Å². The average Bonchev–Trinajstić information content (AvgIpc) is 3.26. The number of aryl methyl sites for hydroxylation is 1. The van der Waals surface area contributed by atoms with Crippen LogP contribution in [0, 0.1) is 5.82 Å². The molecule has 0 radical (unpaired) electrons. The van der Waals surface area contributed by atoms with Crippen LogP contribution in [0.3, 0.4) is 0 Å². The first-order valence-electron chi connectivity index (χ1n) is 9.18. The van der Waals surface area contributed by atoms with E-state index in [4.69, 9.17) is 0 Å². The minimum absolute atomic E-state index is 0.197. The van der Waals surface area contributed by atoms with Gasteiger partial charge in [-0.25, -0.2) is 9.07 Å². The van der Waals surface area contributed by atoms with Crippen molar-refractivity contribution in [2.24, 2.45) is 0 Å². The summed E-state index contributed by atoms with van der Waals surface area (Å²) in [6.07, 6.45) is 0. The molecular formula is C22H18FN3O2S. The second-order valence-corrected chi connectivity index (χ2v) is 7.49. The lowest BCUT2D eigenvalue weighted by Crippen LogP contribution is -2.34. The molecule has 0 N–H and O–H groups in total. The van der Waals surface area contributed by atoms with Gasteiger partial charge in [0, 0.05) is 22.5 Å². The van der Waals surface area contributed by atoms with Gasteiger partial charge in [-0.3, -0.25) is 9.59 Å². The zero-order valence-electron chi connectivity index (χ0n) is 15.7. The summed E-state index contributed by atoms with van der Waals surface area (Å²) in [7, 11) is 0. The molecule has 0 aliphatic heterocycles. The Labute approximate surface area is 170 Å². The number of nitrogens with zero attached hydrogens (tertiary/aromatic N) is 3. The number of aromatic nitrogens is 2. The molecular weight excluding hydrogens is 389 g/mol. The summed E-state index contributed by atoms with van der Waals surface area (Å²) in [5.41, 5.74) is 0.527. The SMILES string of the molecule is CCn1nc(C(=O)N(Cc2cccs2)c2ccc(F)cc2)c2ccccc2c1=O. The maximum atomic E-state index is 13.6. The van der Waals surface area contributed by atoms with Crippen LogP contribution in [0.2, 0.25) is 0 Å². The first-order chi connectivity index (χ1) is 14.1. The fraction of sp³-hybridized carbons (Fsp3) is 0.136. The second kappa shape index (κ2) is 7.97. The molecule has 4 rings (SSSR count). The highest BCUT2D eigenvalue weighted by Crippen LogP contribution is 2.24. The molecule has 29 heavy (non-hydrogen) atoms. The molecule has 0 fully saturated rings. The van der Waals surface area contributed by atoms with Crippen LogP contribution in [0.4, 0.5) is 10.1 Å². The molecule has 0 unspecified atom stereocenters. The number of benzene rings is 2. The van der Waals surface area contributed by atoms with Gasteiger partial charge in [0.2, 0.25) is 0 Å². The van der Waals surface area contributed by atoms with Crippen molar-refractivity contribution in [1.82, 2.24) is 9.78 Å². The molecule has 0 atom stereocenters. The summed E-state index contributed by atoms with van der Waals surface area (Å²) >= 11 is 1.53. The first-order valence-corrected chi connectivity index (χ1v) is 10.1. The number of fused-ring (bicyclic) bond motifs is 1. The second-order valence-electron chi connectivity index (χ2n) is 6.46. The highest BCUT2D eigenvalue weighted by atomic mass is 32.1. The van der Waals surface area contributed by atoms with E-state index < -0.39 is 0 Å². The number of rotatable bonds is 5. The number of amides is 1. The minimum atomic E-state index is -0.375. The predicted molar refractivity (Wildman–Crippen MR) is 113 cm³/mol. The number of anilines is 1. The van der Waals surface area contributed by atoms with E-state index in [2.05, 4.69) is 5.10 Å². The van der Waals surface area contributed by atoms with E-state index in [-0.39, 0.29) is 23.0 Å². The third-order valence-electron chi connectivity index (χ3n) is 4.65. The van der Waals surface area contributed by atoms with Crippen LogP contribution < -0.4 is 10.5 Å². The van der Waals surface area contributed by atoms with Crippen LogP contribution in [0.15, 0.2) is 70.8 Å². The smallest absolute Gasteiger partial charge is 0.279 e. The molecule has 2 aromatic carbocycles. The van der Waals surface area contributed by atoms with E-state index in [0.717, 1.165) is 4.88 Å². The van der Waals surface area contributed by atoms with Crippen molar-refractivity contribution in [3.05, 3.63) is 92.8 Å². The molecule has 2 heterocycles. The Morgan fingerprint density at radius 3 is 2.45 bits per heavy atom. The highest BCUT2D eigenvalue weighted by molar-refractivity contribution is 7.09. The summed E-state index contributed by atoms with van der Waals surface area (Å²) in [6.45, 7) is 2.48. The van der Waals surface area contributed by atoms with Crippen LogP contribution >= 0.6 is 11.3 Å². The van der Waals surface area contributed by atoms with Crippen molar-refractivity contribution in [2.45, 2.75) is 20.0 Å². The lowest BCUT2D eigenvalue weighted by atomic mass is 10.1. The Hall–Kier alpha value is -3.32. The molecule has 146 valence electrons. The Kier molecular flexibility index (Phi) is 5.22. The molecule has 0 bridgehead atoms. The number of hydrogen-bond donors (Lipinski definition) is 0. The topological polar surface area (TPSA) is 55.2 Å². The molecule has 5 nitrogen and oxygen atoms in total. The van der Waals surface area contributed by atoms with Crippen molar-refractivity contribution in [3.8, 4) is 0 Å². The monoisotopic (exact) mass is 407 g/mol. The quantitative estimate of drug-likeness (QED) is 0.491. The van der Waals surface area contributed by atoms with Crippen molar-refractivity contribution < 1.29 is 9.18 Å². The third kappa shape index (κ3) is 3.69. The van der Waals surface area contributed by atoms with E-state index in [9.17, 15) is 14.0 Å². The van der Waals surface area contributed by atoms with Gasteiger partial charge in [0.25, 0.3) is 11.5 Å². The normalized spacial score (nSPS) is 11.0. The minimum Gasteiger partial charge on any atom is -0.302 e. The molecule has 0 aliphatic rings. The summed E-state index contributed by atoms with van der Waals surface area (Å²) in [6, 6.07) is 16.6. The van der Waals surface area contributed by atoms with Crippen molar-refractivity contribution in [3.63, 3.8) is 0 Å². The Morgan fingerprint density at radius 1 is 1.07 bits per heavy atom. The van der Waals surface area contributed by atoms with Crippen LogP contribution in [-0.4, -0.2) is 15.7 Å². The maximum Gasteiger partial charge on any atom is 0.279 e. The zero-order valence-corrected chi connectivity index (χ0v) is 16.5. The fourth-order valence-electron chi connectivity index (χ4n) is 3.20. The van der Waals surface area contributed by atoms with E-state index in [1.165, 1.54) is 28.2 Å². The van der Waals surface area contributed by atoms with Gasteiger partial charge >= 0.3 is 0 Å². The summed E-state index contributed by atoms with van der Waals surface area (Å²) < 4.78 is 14.7. The van der Waals surface area contributed by atoms with Gasteiger partial charge < -0.3 is 4.90 Å². The molecule has 0 saturated heterocycles. The molecule has 7 heteroatoms. The van der Waals surface area contributed by atoms with Crippen LogP contribution in [-0.2, 0) is 13.1 Å². The Morgan fingerprint density at radius 2 is 1.79 bits per heavy atom. The Bertz CT molecular complexity index is 1220. The molecule has 0 aliphatic carbocycles. The lowest BCUT2D eigenvalue weighted by molar-refractivity contribution is 0.0980. The summed E-state index contributed by atoms with van der Waals surface area (Å²) in [4.78, 5) is 28.8. The van der Waals surface area contributed by atoms with Gasteiger partial charge in [-0.05, 0) is 48.7 Å². The van der Waals surface area contributed by atoms with Crippen LogP contribution in [0.25, 0.3) is 10.8 Å². The van der Waals surface area contributed by atoms with E-state index in [1.807, 2.05) is 17.5 Å². The van der Waals surface area contributed by atoms with Crippen molar-refractivity contribution in [1.29, 1.82) is 0 Å². The Balaban J connectivity index is 1.87. The number of carbonyl (C=O) groups excluding carboxylic acids is 1. The maximum absolute atomic E-state index is 13.6. The molecule has 4 aromatic rings. The molecule has 0 saturated carbocycles. The number of thiophene rings is 1. The molecule has 1 amide bonds. The van der Waals surface area contributed by atoms with E-state index in [0.29, 0.717) is 29.5 Å². The predicted octanol–water partition coefficient (Wildman–Crippen LogP) is 4.46. The van der Waals surface area contributed by atoms with Gasteiger partial charge in [0.15, 0.2) is 5.69 Å². The number of carbonyl (C=O) groups is 1. The molecule has 0 spiro atoms. The summed E-state index contributed by atoms with van der Waals surface area (Å²) in [5.74, 6) is -0.719. The zero-order chi connectivity index (χ0) is 20.4. The van der Waals surface area contributed by atoms with Gasteiger partial charge in [-0.1, -0.05) is 24.3 Å². The first kappa shape index (κ1) is 19.0. The van der Waals surface area contributed by atoms with Gasteiger partial charge in [-0.2, -0.15) is 5.10 Å². The van der Waals surface area contributed by atoms with E-state index >= 15 is 0 Å². The largest absolute Gasteiger partial charge is 0.302 e.